The van der Waals surface area contributed by atoms with Gasteiger partial charge in [0.05, 0.1) is 7.11 Å². The van der Waals surface area contributed by atoms with Gasteiger partial charge in [0.2, 0.25) is 5.95 Å². The fourth-order valence-electron chi connectivity index (χ4n) is 2.46. The van der Waals surface area contributed by atoms with Crippen LogP contribution < -0.4 is 10.1 Å². The normalized spacial score (nSPS) is 16.6. The van der Waals surface area contributed by atoms with E-state index >= 15 is 0 Å². The lowest BCUT2D eigenvalue weighted by Crippen LogP contribution is -2.19. The summed E-state index contributed by atoms with van der Waals surface area (Å²) in [5, 5.41) is 17.2. The number of tetrazole rings is 1. The minimum atomic E-state index is 0.00310. The molecular weight excluding hydrogens is 298 g/mol. The minimum absolute atomic E-state index is 0.00310. The standard InChI is InChI=1S/C15H13N5OS/c1-21-11-6-4-10(5-7-11)12-9-13(14-3-2-8-22-14)20-15(16-12)17-18-19-20/h2-9,13H,1H3,(H,16,17,19). The zero-order valence-corrected chi connectivity index (χ0v) is 12.6. The molecule has 0 saturated carbocycles. The molecule has 22 heavy (non-hydrogen) atoms. The molecule has 1 aliphatic heterocycles. The van der Waals surface area contributed by atoms with Gasteiger partial charge in [-0.2, -0.15) is 4.68 Å². The number of methoxy groups -OCH3 is 1. The summed E-state index contributed by atoms with van der Waals surface area (Å²) in [5.41, 5.74) is 2.06. The third-order valence-corrected chi connectivity index (χ3v) is 4.51. The summed E-state index contributed by atoms with van der Waals surface area (Å²) in [5.74, 6) is 1.48. The summed E-state index contributed by atoms with van der Waals surface area (Å²) >= 11 is 1.69. The van der Waals surface area contributed by atoms with E-state index < -0.39 is 0 Å². The van der Waals surface area contributed by atoms with Crippen molar-refractivity contribution >= 4 is 23.0 Å². The molecule has 1 aromatic carbocycles. The van der Waals surface area contributed by atoms with Crippen molar-refractivity contribution in [2.24, 2.45) is 0 Å². The Hall–Kier alpha value is -2.67. The average Bonchev–Trinajstić information content (AvgIpc) is 3.25. The molecule has 0 fully saturated rings. The van der Waals surface area contributed by atoms with Crippen molar-refractivity contribution in [2.45, 2.75) is 6.04 Å². The molecule has 4 rings (SSSR count). The van der Waals surface area contributed by atoms with Crippen LogP contribution in [0.15, 0.2) is 47.9 Å². The molecule has 1 atom stereocenters. The van der Waals surface area contributed by atoms with Gasteiger partial charge in [-0.1, -0.05) is 11.2 Å². The van der Waals surface area contributed by atoms with Crippen LogP contribution in [0, 0.1) is 0 Å². The number of anilines is 1. The minimum Gasteiger partial charge on any atom is -0.497 e. The molecule has 0 radical (unpaired) electrons. The van der Waals surface area contributed by atoms with Gasteiger partial charge in [-0.15, -0.1) is 11.3 Å². The van der Waals surface area contributed by atoms with Crippen molar-refractivity contribution in [2.75, 3.05) is 12.4 Å². The van der Waals surface area contributed by atoms with Crippen molar-refractivity contribution in [3.05, 3.63) is 58.3 Å². The first-order valence-electron chi connectivity index (χ1n) is 6.80. The Morgan fingerprint density at radius 3 is 2.82 bits per heavy atom. The predicted octanol–water partition coefficient (Wildman–Crippen LogP) is 2.80. The maximum atomic E-state index is 5.21. The number of hydrogen-bond acceptors (Lipinski definition) is 6. The van der Waals surface area contributed by atoms with Crippen LogP contribution in [0.4, 0.5) is 5.95 Å². The molecule has 1 N–H and O–H groups in total. The van der Waals surface area contributed by atoms with Crippen LogP contribution in [0.5, 0.6) is 5.75 Å². The topological polar surface area (TPSA) is 64.9 Å². The number of fused-ring (bicyclic) bond motifs is 1. The van der Waals surface area contributed by atoms with Crippen LogP contribution in [0.25, 0.3) is 5.70 Å². The number of rotatable bonds is 3. The van der Waals surface area contributed by atoms with Gasteiger partial charge in [0.15, 0.2) is 0 Å². The Kier molecular flexibility index (Phi) is 3.12. The molecule has 0 aliphatic carbocycles. The molecule has 110 valence electrons. The summed E-state index contributed by atoms with van der Waals surface area (Å²) in [6.07, 6.45) is 2.14. The summed E-state index contributed by atoms with van der Waals surface area (Å²) in [6.45, 7) is 0. The molecule has 1 aliphatic rings. The highest BCUT2D eigenvalue weighted by molar-refractivity contribution is 7.10. The van der Waals surface area contributed by atoms with Gasteiger partial charge < -0.3 is 10.1 Å². The average molecular weight is 311 g/mol. The zero-order valence-electron chi connectivity index (χ0n) is 11.8. The van der Waals surface area contributed by atoms with E-state index in [0.717, 1.165) is 17.0 Å². The highest BCUT2D eigenvalue weighted by Crippen LogP contribution is 2.33. The lowest BCUT2D eigenvalue weighted by molar-refractivity contribution is 0.415. The van der Waals surface area contributed by atoms with Crippen molar-refractivity contribution in [1.82, 2.24) is 20.2 Å². The molecule has 1 unspecified atom stereocenters. The Labute approximate surface area is 131 Å². The number of allylic oxidation sites excluding steroid dienone is 1. The highest BCUT2D eigenvalue weighted by atomic mass is 32.1. The summed E-state index contributed by atoms with van der Waals surface area (Å²) in [7, 11) is 1.66. The molecule has 0 saturated heterocycles. The quantitative estimate of drug-likeness (QED) is 0.806. The number of benzene rings is 1. The second-order valence-electron chi connectivity index (χ2n) is 4.84. The van der Waals surface area contributed by atoms with Crippen molar-refractivity contribution in [3.8, 4) is 5.75 Å². The van der Waals surface area contributed by atoms with Gasteiger partial charge in [-0.25, -0.2) is 0 Å². The number of nitrogens with one attached hydrogen (secondary N) is 1. The molecule has 0 spiro atoms. The predicted molar refractivity (Wildman–Crippen MR) is 84.9 cm³/mol. The van der Waals surface area contributed by atoms with Crippen LogP contribution in [0.1, 0.15) is 16.5 Å². The van der Waals surface area contributed by atoms with Gasteiger partial charge >= 0.3 is 0 Å². The van der Waals surface area contributed by atoms with Gasteiger partial charge in [0, 0.05) is 10.6 Å². The Balaban J connectivity index is 1.76. The summed E-state index contributed by atoms with van der Waals surface area (Å²) < 4.78 is 7.00. The fourth-order valence-corrected chi connectivity index (χ4v) is 3.23. The Morgan fingerprint density at radius 2 is 2.09 bits per heavy atom. The van der Waals surface area contributed by atoms with Crippen LogP contribution in [0.2, 0.25) is 0 Å². The number of hydrogen-bond donors (Lipinski definition) is 1. The van der Waals surface area contributed by atoms with Gasteiger partial charge in [0.25, 0.3) is 0 Å². The van der Waals surface area contributed by atoms with E-state index in [0.29, 0.717) is 5.95 Å². The zero-order chi connectivity index (χ0) is 14.9. The van der Waals surface area contributed by atoms with E-state index in [1.807, 2.05) is 30.3 Å². The third-order valence-electron chi connectivity index (χ3n) is 3.56. The maximum Gasteiger partial charge on any atom is 0.248 e. The first-order valence-corrected chi connectivity index (χ1v) is 7.67. The van der Waals surface area contributed by atoms with Crippen molar-refractivity contribution in [3.63, 3.8) is 0 Å². The number of ether oxygens (including phenoxy) is 1. The van der Waals surface area contributed by atoms with Gasteiger partial charge in [-0.05, 0) is 57.8 Å². The third kappa shape index (κ3) is 2.15. The van der Waals surface area contributed by atoms with Crippen molar-refractivity contribution < 1.29 is 4.74 Å². The van der Waals surface area contributed by atoms with E-state index in [2.05, 4.69) is 38.4 Å². The molecule has 3 heterocycles. The second kappa shape index (κ2) is 5.27. The molecular formula is C15H13N5OS. The highest BCUT2D eigenvalue weighted by Gasteiger charge is 2.24. The first kappa shape index (κ1) is 13.0. The fraction of sp³-hybridized carbons (Fsp3) is 0.133. The van der Waals surface area contributed by atoms with E-state index in [9.17, 15) is 0 Å². The van der Waals surface area contributed by atoms with Gasteiger partial charge in [-0.3, -0.25) is 0 Å². The van der Waals surface area contributed by atoms with E-state index in [4.69, 9.17) is 4.74 Å². The number of thiophene rings is 1. The lowest BCUT2D eigenvalue weighted by Gasteiger charge is -2.22. The molecule has 0 bridgehead atoms. The molecule has 7 heteroatoms. The van der Waals surface area contributed by atoms with Crippen LogP contribution in [0.3, 0.4) is 0 Å². The van der Waals surface area contributed by atoms with E-state index in [1.54, 1.807) is 23.1 Å². The van der Waals surface area contributed by atoms with E-state index in [-0.39, 0.29) is 6.04 Å². The molecule has 6 nitrogen and oxygen atoms in total. The van der Waals surface area contributed by atoms with Crippen LogP contribution in [-0.4, -0.2) is 27.3 Å². The van der Waals surface area contributed by atoms with Crippen molar-refractivity contribution in [1.29, 1.82) is 0 Å². The smallest absolute Gasteiger partial charge is 0.248 e. The van der Waals surface area contributed by atoms with Crippen LogP contribution in [-0.2, 0) is 0 Å². The second-order valence-corrected chi connectivity index (χ2v) is 5.82. The Bertz CT molecular complexity index is 807. The summed E-state index contributed by atoms with van der Waals surface area (Å²) in [4.78, 5) is 1.20. The van der Waals surface area contributed by atoms with E-state index in [1.165, 1.54) is 4.88 Å². The molecule has 3 aromatic rings. The van der Waals surface area contributed by atoms with Gasteiger partial charge in [0.1, 0.15) is 11.8 Å². The monoisotopic (exact) mass is 311 g/mol. The number of nitrogens with zero attached hydrogens (tertiary/aromatic N) is 4. The SMILES string of the molecule is COc1ccc(C2=CC(c3cccs3)n3nnnc3N2)cc1. The lowest BCUT2D eigenvalue weighted by atomic mass is 10.1. The Morgan fingerprint density at radius 1 is 1.23 bits per heavy atom. The maximum absolute atomic E-state index is 5.21. The number of aromatic nitrogens is 4. The molecule has 2 aromatic heterocycles. The van der Waals surface area contributed by atoms with Crippen LogP contribution >= 0.6 is 11.3 Å². The first-order chi connectivity index (χ1) is 10.8. The molecule has 0 amide bonds. The summed E-state index contributed by atoms with van der Waals surface area (Å²) in [6, 6.07) is 12.0. The largest absolute Gasteiger partial charge is 0.497 e.